The van der Waals surface area contributed by atoms with E-state index in [1.165, 1.54) is 46.9 Å². The number of hydrogen-bond donors (Lipinski definition) is 2. The van der Waals surface area contributed by atoms with Crippen molar-refractivity contribution >= 4 is 63.2 Å². The number of hydrogen-bond acceptors (Lipinski definition) is 12. The van der Waals surface area contributed by atoms with Crippen LogP contribution in [0.1, 0.15) is 46.1 Å². The van der Waals surface area contributed by atoms with E-state index in [4.69, 9.17) is 28.9 Å². The van der Waals surface area contributed by atoms with Crippen LogP contribution in [0.3, 0.4) is 0 Å². The maximum absolute atomic E-state index is 13.3. The van der Waals surface area contributed by atoms with Crippen LogP contribution < -0.4 is 28.4 Å². The number of aromatic nitrogens is 2. The molecule has 2 atom stereocenters. The molecule has 2 N–H and O–H groups in total. The highest BCUT2D eigenvalue weighted by molar-refractivity contribution is 7.89. The Morgan fingerprint density at radius 3 is 1.23 bits per heavy atom. The van der Waals surface area contributed by atoms with Gasteiger partial charge in [0.2, 0.25) is 20.0 Å². The van der Waals surface area contributed by atoms with Crippen LogP contribution in [0.15, 0.2) is 155 Å². The molecule has 12 nitrogen and oxygen atoms in total. The lowest BCUT2D eigenvalue weighted by atomic mass is 10.1. The highest BCUT2D eigenvalue weighted by atomic mass is 32.2. The molecule has 8 aromatic rings. The van der Waals surface area contributed by atoms with Gasteiger partial charge in [-0.15, -0.1) is 22.7 Å². The molecule has 16 heteroatoms. The summed E-state index contributed by atoms with van der Waals surface area (Å²) >= 11 is 2.96. The van der Waals surface area contributed by atoms with Crippen molar-refractivity contribution in [1.82, 2.24) is 19.4 Å². The summed E-state index contributed by atoms with van der Waals surface area (Å²) in [5, 5.41) is 1.37. The van der Waals surface area contributed by atoms with E-state index in [9.17, 15) is 16.8 Å². The van der Waals surface area contributed by atoms with E-state index in [2.05, 4.69) is 9.44 Å². The molecular weight excluding hydrogens is 865 g/mol. The van der Waals surface area contributed by atoms with Gasteiger partial charge in [-0.25, -0.2) is 26.8 Å². The zero-order valence-corrected chi connectivity index (χ0v) is 36.3. The first-order chi connectivity index (χ1) is 30.2. The minimum Gasteiger partial charge on any atom is -0.490 e. The Balaban J connectivity index is 0.000000158. The van der Waals surface area contributed by atoms with Crippen LogP contribution in [-0.2, 0) is 20.0 Å². The minimum atomic E-state index is -3.86. The third kappa shape index (κ3) is 9.30. The standard InChI is InChI=1S/2C23H20N2O4S2/c2*26-31(27,17-11-12-19-20(15-17)29-14-6-13-28-19)25-22(16-7-2-1-3-8-16)23-24-18-9-4-5-10-21(18)30-23/h2*1-5,7-12,15,22,25H,6,13-14H2/t2*22-/m10/s1. The van der Waals surface area contributed by atoms with Crippen LogP contribution in [0, 0.1) is 0 Å². The highest BCUT2D eigenvalue weighted by Gasteiger charge is 2.29. The van der Waals surface area contributed by atoms with Gasteiger partial charge in [-0.1, -0.05) is 84.9 Å². The van der Waals surface area contributed by atoms with Gasteiger partial charge in [0, 0.05) is 25.0 Å². The molecular formula is C46H40N4O8S4. The fraction of sp³-hybridized carbons (Fsp3) is 0.174. The van der Waals surface area contributed by atoms with Crippen LogP contribution in [-0.4, -0.2) is 53.2 Å². The maximum atomic E-state index is 13.3. The van der Waals surface area contributed by atoms with Gasteiger partial charge in [0.05, 0.1) is 68.7 Å². The Morgan fingerprint density at radius 2 is 0.823 bits per heavy atom. The SMILES string of the molecule is O=S(=O)(N[C@@H](c1ccccc1)c1nc2ccccc2s1)c1ccc2c(c1)OCCCO2.O=S(=O)(N[C@H](c1ccccc1)c1nc2ccccc2s1)c1ccc2c(c1)OCCCO2. The predicted molar refractivity (Wildman–Crippen MR) is 241 cm³/mol. The van der Waals surface area contributed by atoms with Crippen LogP contribution in [0.4, 0.5) is 0 Å². The first kappa shape index (κ1) is 41.5. The van der Waals surface area contributed by atoms with E-state index in [-0.39, 0.29) is 9.79 Å². The monoisotopic (exact) mass is 904 g/mol. The predicted octanol–water partition coefficient (Wildman–Crippen LogP) is 9.05. The van der Waals surface area contributed by atoms with Gasteiger partial charge >= 0.3 is 0 Å². The molecule has 2 aliphatic rings. The molecule has 316 valence electrons. The molecule has 2 aliphatic heterocycles. The summed E-state index contributed by atoms with van der Waals surface area (Å²) in [6, 6.07) is 42.7. The first-order valence-corrected chi connectivity index (χ1v) is 24.4. The average Bonchev–Trinajstić information content (AvgIpc) is 3.75. The molecule has 0 amide bonds. The third-order valence-corrected chi connectivity index (χ3v) is 15.0. The van der Waals surface area contributed by atoms with Gasteiger partial charge in [0.1, 0.15) is 10.0 Å². The number of nitrogens with zero attached hydrogens (tertiary/aromatic N) is 2. The lowest BCUT2D eigenvalue weighted by molar-refractivity contribution is 0.296. The normalized spacial score (nSPS) is 14.8. The van der Waals surface area contributed by atoms with E-state index >= 15 is 0 Å². The summed E-state index contributed by atoms with van der Waals surface area (Å²) in [6.07, 6.45) is 1.51. The minimum absolute atomic E-state index is 0.124. The molecule has 6 aromatic carbocycles. The molecule has 0 spiro atoms. The summed E-state index contributed by atoms with van der Waals surface area (Å²) in [4.78, 5) is 9.64. The maximum Gasteiger partial charge on any atom is 0.241 e. The fourth-order valence-electron chi connectivity index (χ4n) is 6.91. The zero-order valence-electron chi connectivity index (χ0n) is 33.0. The molecule has 2 aromatic heterocycles. The van der Waals surface area contributed by atoms with E-state index < -0.39 is 32.1 Å². The number of benzene rings is 6. The van der Waals surface area contributed by atoms with Crippen molar-refractivity contribution in [2.45, 2.75) is 34.7 Å². The summed E-state index contributed by atoms with van der Waals surface area (Å²) in [5.41, 5.74) is 3.33. The Hall–Kier alpha value is -5.88. The van der Waals surface area contributed by atoms with Gasteiger partial charge in [0.15, 0.2) is 23.0 Å². The largest absolute Gasteiger partial charge is 0.490 e. The first-order valence-electron chi connectivity index (χ1n) is 19.8. The van der Waals surface area contributed by atoms with Crippen molar-refractivity contribution in [3.63, 3.8) is 0 Å². The van der Waals surface area contributed by atoms with Gasteiger partial charge in [-0.2, -0.15) is 9.44 Å². The number of rotatable bonds is 10. The molecule has 0 saturated carbocycles. The molecule has 10 rings (SSSR count). The molecule has 0 bridgehead atoms. The van der Waals surface area contributed by atoms with Crippen LogP contribution in [0.25, 0.3) is 20.4 Å². The Labute approximate surface area is 367 Å². The molecule has 0 radical (unpaired) electrons. The summed E-state index contributed by atoms with van der Waals surface area (Å²) in [7, 11) is -7.72. The second-order valence-corrected chi connectivity index (χ2v) is 19.8. The van der Waals surface area contributed by atoms with Crippen molar-refractivity contribution in [3.8, 4) is 23.0 Å². The second-order valence-electron chi connectivity index (χ2n) is 14.3. The molecule has 62 heavy (non-hydrogen) atoms. The lowest BCUT2D eigenvalue weighted by Crippen LogP contribution is -2.29. The Morgan fingerprint density at radius 1 is 0.452 bits per heavy atom. The van der Waals surface area contributed by atoms with Gasteiger partial charge in [-0.05, 0) is 59.7 Å². The van der Waals surface area contributed by atoms with E-state index in [1.54, 1.807) is 12.1 Å². The zero-order chi connectivity index (χ0) is 42.5. The Bertz CT molecular complexity index is 2780. The van der Waals surface area contributed by atoms with Crippen molar-refractivity contribution in [2.75, 3.05) is 26.4 Å². The number of ether oxygens (including phenoxy) is 4. The number of para-hydroxylation sites is 2. The van der Waals surface area contributed by atoms with E-state index in [1.807, 2.05) is 109 Å². The van der Waals surface area contributed by atoms with Gasteiger partial charge < -0.3 is 18.9 Å². The van der Waals surface area contributed by atoms with Crippen LogP contribution >= 0.6 is 22.7 Å². The van der Waals surface area contributed by atoms with Crippen LogP contribution in [0.2, 0.25) is 0 Å². The molecule has 0 saturated heterocycles. The van der Waals surface area contributed by atoms with E-state index in [0.29, 0.717) is 59.4 Å². The summed E-state index contributed by atoms with van der Waals surface area (Å²) in [6.45, 7) is 2.07. The third-order valence-electron chi connectivity index (χ3n) is 9.99. The Kier molecular flexibility index (Phi) is 12.2. The number of nitrogens with one attached hydrogen (secondary N) is 2. The van der Waals surface area contributed by atoms with Crippen LogP contribution in [0.5, 0.6) is 23.0 Å². The fourth-order valence-corrected chi connectivity index (χ4v) is 11.6. The average molecular weight is 905 g/mol. The molecule has 4 heterocycles. The number of thiazole rings is 2. The topological polar surface area (TPSA) is 155 Å². The highest BCUT2D eigenvalue weighted by Crippen LogP contribution is 2.37. The number of sulfonamides is 2. The lowest BCUT2D eigenvalue weighted by Gasteiger charge is -2.18. The van der Waals surface area contributed by atoms with Crippen molar-refractivity contribution in [2.24, 2.45) is 0 Å². The van der Waals surface area contributed by atoms with Crippen molar-refractivity contribution in [1.29, 1.82) is 0 Å². The molecule has 0 aliphatic carbocycles. The molecule has 0 fully saturated rings. The van der Waals surface area contributed by atoms with Crippen molar-refractivity contribution < 1.29 is 35.8 Å². The quantitative estimate of drug-likeness (QED) is 0.136. The summed E-state index contributed by atoms with van der Waals surface area (Å²) < 4.78 is 83.7. The van der Waals surface area contributed by atoms with Crippen molar-refractivity contribution in [3.05, 3.63) is 167 Å². The van der Waals surface area contributed by atoms with Gasteiger partial charge in [-0.3, -0.25) is 0 Å². The second kappa shape index (κ2) is 18.2. The molecule has 0 unspecified atom stereocenters. The van der Waals surface area contributed by atoms with E-state index in [0.717, 1.165) is 44.4 Å². The number of fused-ring (bicyclic) bond motifs is 4. The smallest absolute Gasteiger partial charge is 0.241 e. The summed E-state index contributed by atoms with van der Waals surface area (Å²) in [5.74, 6) is 2.00. The van der Waals surface area contributed by atoms with Gasteiger partial charge in [0.25, 0.3) is 0 Å².